The van der Waals surface area contributed by atoms with E-state index >= 15 is 0 Å². The van der Waals surface area contributed by atoms with Crippen LogP contribution in [0.15, 0.2) is 87.8 Å². The molecule has 3 aromatic carbocycles. The molecule has 0 fully saturated rings. The van der Waals surface area contributed by atoms with Crippen molar-refractivity contribution in [1.82, 2.24) is 0 Å². The molecular weight excluding hydrogens is 602 g/mol. The molecular formula is C28H29Br2N3O4. The highest BCUT2D eigenvalue weighted by Gasteiger charge is 2.35. The van der Waals surface area contributed by atoms with Gasteiger partial charge in [-0.3, -0.25) is 10.1 Å². The van der Waals surface area contributed by atoms with E-state index in [1.807, 2.05) is 26.0 Å². The van der Waals surface area contributed by atoms with E-state index in [-0.39, 0.29) is 11.7 Å². The second-order valence-corrected chi connectivity index (χ2v) is 11.0. The average Bonchev–Trinajstić information content (AvgIpc) is 2.85. The maximum absolute atomic E-state index is 12.8. The first-order valence-electron chi connectivity index (χ1n) is 11.6. The number of phenols is 1. The molecule has 5 N–H and O–H groups in total. The van der Waals surface area contributed by atoms with Gasteiger partial charge in [-0.25, -0.2) is 4.79 Å². The molecule has 0 aromatic heterocycles. The first-order valence-corrected chi connectivity index (χ1v) is 13.2. The van der Waals surface area contributed by atoms with E-state index in [0.29, 0.717) is 35.5 Å². The predicted molar refractivity (Wildman–Crippen MR) is 154 cm³/mol. The Morgan fingerprint density at radius 3 is 2.41 bits per heavy atom. The number of amides is 2. The predicted octanol–water partition coefficient (Wildman–Crippen LogP) is 7.79. The fourth-order valence-electron chi connectivity index (χ4n) is 3.73. The molecule has 0 bridgehead atoms. The van der Waals surface area contributed by atoms with Crippen LogP contribution in [0.3, 0.4) is 0 Å². The molecule has 0 aliphatic rings. The van der Waals surface area contributed by atoms with Gasteiger partial charge in [0.1, 0.15) is 11.9 Å². The molecule has 0 aliphatic heterocycles. The van der Waals surface area contributed by atoms with Crippen molar-refractivity contribution in [1.29, 1.82) is 0 Å². The van der Waals surface area contributed by atoms with Gasteiger partial charge in [-0.05, 0) is 73.5 Å². The van der Waals surface area contributed by atoms with Crippen molar-refractivity contribution >= 4 is 60.9 Å². The average molecular weight is 631 g/mol. The number of phenolic OH excluding ortho intramolecular Hbond substituents is 1. The van der Waals surface area contributed by atoms with Gasteiger partial charge in [-0.1, -0.05) is 63.9 Å². The molecule has 1 atom stereocenters. The van der Waals surface area contributed by atoms with Crippen LogP contribution in [0.4, 0.5) is 21.9 Å². The Bertz CT molecular complexity index is 1280. The van der Waals surface area contributed by atoms with Crippen LogP contribution in [0.1, 0.15) is 38.4 Å². The molecule has 0 unspecified atom stereocenters. The molecule has 3 aromatic rings. The number of allylic oxidation sites excluding steroid dienone is 1. The number of nitrogen functional groups attached to an aromatic ring is 1. The summed E-state index contributed by atoms with van der Waals surface area (Å²) in [6.45, 7) is 3.90. The van der Waals surface area contributed by atoms with Crippen LogP contribution in [-0.4, -0.2) is 17.1 Å². The van der Waals surface area contributed by atoms with Gasteiger partial charge < -0.3 is 20.9 Å². The van der Waals surface area contributed by atoms with Gasteiger partial charge in [0.05, 0.1) is 11.4 Å². The van der Waals surface area contributed by atoms with Crippen LogP contribution in [0.5, 0.6) is 5.75 Å². The minimum absolute atomic E-state index is 0.0214. The van der Waals surface area contributed by atoms with Crippen LogP contribution in [0, 0.1) is 5.41 Å². The molecule has 2 amide bonds. The number of nitrogens with one attached hydrogen (secondary N) is 2. The summed E-state index contributed by atoms with van der Waals surface area (Å²) in [6.07, 6.45) is 2.90. The van der Waals surface area contributed by atoms with Gasteiger partial charge >= 0.3 is 6.09 Å². The summed E-state index contributed by atoms with van der Waals surface area (Å²) in [5, 5.41) is 16.1. The maximum atomic E-state index is 12.8. The summed E-state index contributed by atoms with van der Waals surface area (Å²) in [4.78, 5) is 25.1. The van der Waals surface area contributed by atoms with E-state index in [1.165, 1.54) is 6.08 Å². The van der Waals surface area contributed by atoms with Crippen molar-refractivity contribution in [2.45, 2.75) is 32.8 Å². The molecule has 37 heavy (non-hydrogen) atoms. The highest BCUT2D eigenvalue weighted by atomic mass is 79.9. The zero-order valence-corrected chi connectivity index (χ0v) is 23.7. The third kappa shape index (κ3) is 8.36. The Morgan fingerprint density at radius 2 is 1.70 bits per heavy atom. The van der Waals surface area contributed by atoms with Crippen molar-refractivity contribution in [3.05, 3.63) is 93.4 Å². The van der Waals surface area contributed by atoms with E-state index in [9.17, 15) is 14.7 Å². The molecule has 3 rings (SSSR count). The number of aromatic hydroxyl groups is 1. The monoisotopic (exact) mass is 629 g/mol. The number of nitrogens with two attached hydrogens (primary N) is 1. The number of halogens is 2. The molecule has 0 spiro atoms. The molecule has 0 aliphatic carbocycles. The molecule has 0 radical (unpaired) electrons. The summed E-state index contributed by atoms with van der Waals surface area (Å²) in [5.74, 6) is -0.268. The van der Waals surface area contributed by atoms with Crippen LogP contribution in [0.25, 0.3) is 0 Å². The normalized spacial score (nSPS) is 12.2. The Kier molecular flexibility index (Phi) is 9.77. The van der Waals surface area contributed by atoms with Gasteiger partial charge in [0.2, 0.25) is 5.91 Å². The van der Waals surface area contributed by atoms with Crippen LogP contribution < -0.4 is 16.4 Å². The topological polar surface area (TPSA) is 114 Å². The molecule has 0 saturated heterocycles. The molecule has 9 heteroatoms. The van der Waals surface area contributed by atoms with Gasteiger partial charge in [0.25, 0.3) is 0 Å². The van der Waals surface area contributed by atoms with Crippen molar-refractivity contribution in [3.8, 4) is 5.75 Å². The third-order valence-corrected chi connectivity index (χ3v) is 6.76. The zero-order valence-electron chi connectivity index (χ0n) is 20.5. The first kappa shape index (κ1) is 28.3. The maximum Gasteiger partial charge on any atom is 0.412 e. The standard InChI is InChI=1S/C28H29Br2N3O4/c1-28(2,16-6-5-9-25(35)33-23-8-4-3-7-22(23)31)26(21-17-19(30)12-15-24(21)34)37-27(36)32-20-13-10-18(29)11-14-20/h3-5,7-15,17,26,34H,6,16,31H2,1-2H3,(H,32,36)(H,33,35)/b9-5+/t26-/m1/s1. The lowest BCUT2D eigenvalue weighted by atomic mass is 9.78. The fraction of sp³-hybridized carbons (Fsp3) is 0.214. The number of hydrogen-bond donors (Lipinski definition) is 4. The number of hydrogen-bond acceptors (Lipinski definition) is 5. The van der Waals surface area contributed by atoms with Crippen molar-refractivity contribution < 1.29 is 19.4 Å². The van der Waals surface area contributed by atoms with E-state index < -0.39 is 17.6 Å². The summed E-state index contributed by atoms with van der Waals surface area (Å²) in [5.41, 5.74) is 7.37. The number of rotatable bonds is 9. The number of carbonyl (C=O) groups is 2. The minimum Gasteiger partial charge on any atom is -0.508 e. The number of ether oxygens (including phenoxy) is 1. The minimum atomic E-state index is -0.771. The SMILES string of the molecule is CC(C)(CC/C=C/C(=O)Nc1ccccc1N)[C@H](OC(=O)Nc1ccc(Br)cc1)c1cc(Br)ccc1O. The summed E-state index contributed by atoms with van der Waals surface area (Å²) >= 11 is 6.80. The number of carbonyl (C=O) groups excluding carboxylic acids is 2. The van der Waals surface area contributed by atoms with E-state index in [4.69, 9.17) is 10.5 Å². The first-order chi connectivity index (χ1) is 17.5. The number of para-hydroxylation sites is 2. The molecule has 0 saturated carbocycles. The van der Waals surface area contributed by atoms with Gasteiger partial charge in [-0.2, -0.15) is 0 Å². The Hall–Kier alpha value is -3.30. The summed E-state index contributed by atoms with van der Waals surface area (Å²) in [7, 11) is 0. The van der Waals surface area contributed by atoms with E-state index in [1.54, 1.807) is 60.7 Å². The second kappa shape index (κ2) is 12.8. The van der Waals surface area contributed by atoms with E-state index in [2.05, 4.69) is 42.5 Å². The summed E-state index contributed by atoms with van der Waals surface area (Å²) < 4.78 is 7.51. The van der Waals surface area contributed by atoms with Gasteiger partial charge in [0, 0.05) is 25.6 Å². The number of benzene rings is 3. The fourth-order valence-corrected chi connectivity index (χ4v) is 4.37. The lowest BCUT2D eigenvalue weighted by molar-refractivity contribution is -0.111. The molecule has 194 valence electrons. The van der Waals surface area contributed by atoms with Crippen LogP contribution in [0.2, 0.25) is 0 Å². The molecule has 0 heterocycles. The Morgan fingerprint density at radius 1 is 1.03 bits per heavy atom. The summed E-state index contributed by atoms with van der Waals surface area (Å²) in [6, 6.07) is 19.2. The Labute approximate surface area is 233 Å². The zero-order chi connectivity index (χ0) is 27.0. The second-order valence-electron chi connectivity index (χ2n) is 9.13. The van der Waals surface area contributed by atoms with Crippen molar-refractivity contribution in [3.63, 3.8) is 0 Å². The number of anilines is 3. The highest BCUT2D eigenvalue weighted by Crippen LogP contribution is 2.44. The van der Waals surface area contributed by atoms with Gasteiger partial charge in [0.15, 0.2) is 0 Å². The molecule has 7 nitrogen and oxygen atoms in total. The van der Waals surface area contributed by atoms with E-state index in [0.717, 1.165) is 8.95 Å². The third-order valence-electron chi connectivity index (χ3n) is 5.74. The van der Waals surface area contributed by atoms with Crippen molar-refractivity contribution in [2.24, 2.45) is 5.41 Å². The Balaban J connectivity index is 1.71. The van der Waals surface area contributed by atoms with Crippen LogP contribution in [-0.2, 0) is 9.53 Å². The van der Waals surface area contributed by atoms with Crippen LogP contribution >= 0.6 is 31.9 Å². The smallest absolute Gasteiger partial charge is 0.412 e. The van der Waals surface area contributed by atoms with Gasteiger partial charge in [-0.15, -0.1) is 0 Å². The quantitative estimate of drug-likeness (QED) is 0.142. The lowest BCUT2D eigenvalue weighted by Gasteiger charge is -2.34. The highest BCUT2D eigenvalue weighted by molar-refractivity contribution is 9.10. The van der Waals surface area contributed by atoms with Crippen molar-refractivity contribution in [2.75, 3.05) is 16.4 Å². The largest absolute Gasteiger partial charge is 0.508 e. The lowest BCUT2D eigenvalue weighted by Crippen LogP contribution is -2.29.